The minimum absolute atomic E-state index is 0. The van der Waals surface area contributed by atoms with Crippen molar-refractivity contribution in [2.24, 2.45) is 0 Å². The van der Waals surface area contributed by atoms with Crippen LogP contribution in [0.25, 0.3) is 0 Å². The summed E-state index contributed by atoms with van der Waals surface area (Å²) in [5.74, 6) is 0. The topological polar surface area (TPSA) is 0 Å². The van der Waals surface area contributed by atoms with Crippen molar-refractivity contribution in [3.63, 3.8) is 0 Å². The fourth-order valence-electron chi connectivity index (χ4n) is 5.33. The van der Waals surface area contributed by atoms with E-state index in [4.69, 9.17) is 0 Å². The molecule has 0 aliphatic heterocycles. The van der Waals surface area contributed by atoms with E-state index in [9.17, 15) is 0 Å². The van der Waals surface area contributed by atoms with Crippen LogP contribution in [0.1, 0.15) is 48.5 Å². The third-order valence-electron chi connectivity index (χ3n) is 6.60. The molecule has 0 aromatic heterocycles. The molecule has 1 unspecified atom stereocenters. The van der Waals surface area contributed by atoms with Crippen LogP contribution in [0.3, 0.4) is 0 Å². The Balaban J connectivity index is 0. The minimum atomic E-state index is -2.28. The molecule has 1 aliphatic rings. The number of benzene rings is 2. The van der Waals surface area contributed by atoms with Crippen LogP contribution in [0, 0.1) is 6.08 Å². The quantitative estimate of drug-likeness (QED) is 0.302. The number of hydrogen-bond donors (Lipinski definition) is 0. The van der Waals surface area contributed by atoms with E-state index < -0.39 is 8.07 Å². The minimum Gasteiger partial charge on any atom is -1.00 e. The van der Waals surface area contributed by atoms with E-state index in [1.54, 1.807) is 0 Å². The molecule has 0 amide bonds. The van der Waals surface area contributed by atoms with Crippen molar-refractivity contribution in [2.45, 2.75) is 58.5 Å². The summed E-state index contributed by atoms with van der Waals surface area (Å²) in [7, 11) is -2.28. The van der Waals surface area contributed by atoms with E-state index in [2.05, 4.69) is 115 Å². The third-order valence-corrected chi connectivity index (χ3v) is 13.2. The van der Waals surface area contributed by atoms with E-state index in [0.717, 1.165) is 0 Å². The Morgan fingerprint density at radius 3 is 1.37 bits per heavy atom. The molecular weight excluding hydrogens is 483 g/mol. The summed E-state index contributed by atoms with van der Waals surface area (Å²) in [6, 6.07) is 22.5. The SMILES string of the molecule is CC1=[C-]C(C)([Si](c2ccccc2)(c2ccccc2)C(C)(C)C)C(C)=C1C.[Cl-].[Cl-].[Cl-].[Ti+4]. The molecule has 0 N–H and O–H groups in total. The predicted octanol–water partition coefficient (Wildman–Crippen LogP) is -3.08. The first kappa shape index (κ1) is 31.9. The van der Waals surface area contributed by atoms with Crippen molar-refractivity contribution >= 4 is 18.4 Å². The number of hydrogen-bond acceptors (Lipinski definition) is 0. The average molecular weight is 514 g/mol. The van der Waals surface area contributed by atoms with Crippen LogP contribution < -0.4 is 47.6 Å². The van der Waals surface area contributed by atoms with Gasteiger partial charge in [-0.2, -0.15) is 11.1 Å². The van der Waals surface area contributed by atoms with E-state index in [0.29, 0.717) is 0 Å². The first-order valence-electron chi connectivity index (χ1n) is 9.57. The van der Waals surface area contributed by atoms with Gasteiger partial charge in [0.25, 0.3) is 0 Å². The van der Waals surface area contributed by atoms with Gasteiger partial charge in [0.15, 0.2) is 0 Å². The summed E-state index contributed by atoms with van der Waals surface area (Å²) in [5.41, 5.74) is 4.22. The van der Waals surface area contributed by atoms with E-state index >= 15 is 0 Å². The molecule has 1 aliphatic carbocycles. The van der Waals surface area contributed by atoms with Gasteiger partial charge in [-0.1, -0.05) is 118 Å². The van der Waals surface area contributed by atoms with Crippen molar-refractivity contribution in [1.82, 2.24) is 0 Å². The van der Waals surface area contributed by atoms with Gasteiger partial charge in [-0.05, 0) is 5.04 Å². The van der Waals surface area contributed by atoms with Crippen molar-refractivity contribution in [1.29, 1.82) is 0 Å². The molecule has 2 aromatic rings. The Bertz CT molecular complexity index is 831. The Labute approximate surface area is 218 Å². The van der Waals surface area contributed by atoms with Gasteiger partial charge < -0.3 is 37.2 Å². The molecule has 0 fully saturated rings. The summed E-state index contributed by atoms with van der Waals surface area (Å²) in [5, 5.41) is 3.05. The Morgan fingerprint density at radius 1 is 0.733 bits per heavy atom. The first-order chi connectivity index (χ1) is 12.2. The molecule has 5 heteroatoms. The molecule has 0 spiro atoms. The van der Waals surface area contributed by atoms with Crippen LogP contribution in [-0.2, 0) is 21.7 Å². The van der Waals surface area contributed by atoms with Crippen molar-refractivity contribution < 1.29 is 58.9 Å². The molecule has 3 rings (SSSR count). The molecule has 160 valence electrons. The molecule has 0 bridgehead atoms. The molecule has 30 heavy (non-hydrogen) atoms. The Kier molecular flexibility index (Phi) is 12.3. The predicted molar refractivity (Wildman–Crippen MR) is 117 cm³/mol. The second-order valence-electron chi connectivity index (χ2n) is 8.86. The maximum absolute atomic E-state index is 3.98. The van der Waals surface area contributed by atoms with Gasteiger partial charge in [0.1, 0.15) is 8.07 Å². The zero-order valence-electron chi connectivity index (χ0n) is 18.9. The standard InChI is InChI=1S/C25H31Si.3ClH.Ti/c1-19-18-25(7,21(3)20(19)2)26(24(4,5)6,22-14-10-8-11-15-22)23-16-12-9-13-17-23;;;;/h8-17H,1-7H3;3*1H;/q-1;;;;+4/p-3. The Morgan fingerprint density at radius 2 is 1.10 bits per heavy atom. The second kappa shape index (κ2) is 11.5. The molecular formula is C25H31Cl3SiTi. The van der Waals surface area contributed by atoms with Crippen LogP contribution in [0.15, 0.2) is 77.4 Å². The third kappa shape index (κ3) is 4.73. The monoisotopic (exact) mass is 512 g/mol. The molecule has 0 heterocycles. The van der Waals surface area contributed by atoms with E-state index in [1.165, 1.54) is 27.1 Å². The first-order valence-corrected chi connectivity index (χ1v) is 11.6. The second-order valence-corrected chi connectivity index (χ2v) is 14.0. The molecule has 0 radical (unpaired) electrons. The van der Waals surface area contributed by atoms with Gasteiger partial charge in [-0.25, -0.2) is 5.57 Å². The van der Waals surface area contributed by atoms with Crippen LogP contribution >= 0.6 is 0 Å². The summed E-state index contributed by atoms with van der Waals surface area (Å²) in [4.78, 5) is 0. The van der Waals surface area contributed by atoms with E-state index in [-0.39, 0.29) is 69.0 Å². The summed E-state index contributed by atoms with van der Waals surface area (Å²) < 4.78 is 0. The fraction of sp³-hybridized carbons (Fsp3) is 0.360. The number of rotatable bonds is 3. The van der Waals surface area contributed by atoms with Gasteiger partial charge in [-0.15, -0.1) is 6.92 Å². The smallest absolute Gasteiger partial charge is 1.00 e. The Hall–Kier alpha value is -0.279. The van der Waals surface area contributed by atoms with Gasteiger partial charge in [-0.3, -0.25) is 6.08 Å². The maximum atomic E-state index is 3.98. The summed E-state index contributed by atoms with van der Waals surface area (Å²) >= 11 is 0. The van der Waals surface area contributed by atoms with Gasteiger partial charge in [0, 0.05) is 0 Å². The summed E-state index contributed by atoms with van der Waals surface area (Å²) in [6.07, 6.45) is 3.98. The molecule has 0 nitrogen and oxygen atoms in total. The van der Waals surface area contributed by atoms with Gasteiger partial charge >= 0.3 is 21.7 Å². The largest absolute Gasteiger partial charge is 4.00 e. The van der Waals surface area contributed by atoms with Gasteiger partial charge in [0.05, 0.1) is 0 Å². The van der Waals surface area contributed by atoms with Crippen LogP contribution in [0.5, 0.6) is 0 Å². The summed E-state index contributed by atoms with van der Waals surface area (Å²) in [6.45, 7) is 16.6. The van der Waals surface area contributed by atoms with Crippen molar-refractivity contribution in [3.05, 3.63) is 83.5 Å². The average Bonchev–Trinajstić information content (AvgIpc) is 2.80. The van der Waals surface area contributed by atoms with Crippen LogP contribution in [0.4, 0.5) is 0 Å². The van der Waals surface area contributed by atoms with E-state index in [1.807, 2.05) is 0 Å². The van der Waals surface area contributed by atoms with Crippen LogP contribution in [0.2, 0.25) is 10.1 Å². The van der Waals surface area contributed by atoms with Crippen molar-refractivity contribution in [2.75, 3.05) is 0 Å². The normalized spacial score (nSPS) is 18.3. The molecule has 0 saturated carbocycles. The van der Waals surface area contributed by atoms with Crippen molar-refractivity contribution in [3.8, 4) is 0 Å². The zero-order chi connectivity index (χ0) is 19.2. The molecule has 0 saturated heterocycles. The van der Waals surface area contributed by atoms with Gasteiger partial charge in [0.2, 0.25) is 0 Å². The zero-order valence-corrected chi connectivity index (χ0v) is 23.7. The number of halogens is 3. The molecule has 2 aromatic carbocycles. The maximum Gasteiger partial charge on any atom is 4.00 e. The number of allylic oxidation sites excluding steroid dienone is 4. The molecule has 1 atom stereocenters. The van der Waals surface area contributed by atoms with Crippen LogP contribution in [-0.4, -0.2) is 8.07 Å². The fourth-order valence-corrected chi connectivity index (χ4v) is 12.6.